The van der Waals surface area contributed by atoms with Crippen LogP contribution >= 0.6 is 0 Å². The van der Waals surface area contributed by atoms with E-state index in [1.807, 2.05) is 6.20 Å². The van der Waals surface area contributed by atoms with Crippen LogP contribution in [0.1, 0.15) is 32.9 Å². The number of hydrogen-bond donors (Lipinski definition) is 1. The third-order valence-corrected chi connectivity index (χ3v) is 2.75. The molecule has 0 amide bonds. The van der Waals surface area contributed by atoms with E-state index in [2.05, 4.69) is 35.6 Å². The third kappa shape index (κ3) is 5.24. The fourth-order valence-electron chi connectivity index (χ4n) is 1.84. The predicted octanol–water partition coefficient (Wildman–Crippen LogP) is 1.67. The first-order chi connectivity index (χ1) is 8.07. The summed E-state index contributed by atoms with van der Waals surface area (Å²) in [6.45, 7) is 10.2. The molecule has 0 radical (unpaired) electrons. The minimum absolute atomic E-state index is 0.150. The van der Waals surface area contributed by atoms with E-state index in [0.717, 1.165) is 31.7 Å². The van der Waals surface area contributed by atoms with Crippen molar-refractivity contribution in [3.8, 4) is 0 Å². The molecule has 2 N–H and O–H groups in total. The molecule has 1 aromatic rings. The number of nitrogens with zero attached hydrogens (tertiary/aromatic N) is 3. The fraction of sp³-hybridized carbons (Fsp3) is 0.692. The van der Waals surface area contributed by atoms with Crippen molar-refractivity contribution < 1.29 is 0 Å². The Bertz CT molecular complexity index is 310. The van der Waals surface area contributed by atoms with Crippen molar-refractivity contribution >= 4 is 0 Å². The molecular formula is C13H24N4. The van der Waals surface area contributed by atoms with Crippen LogP contribution in [0.25, 0.3) is 0 Å². The zero-order valence-corrected chi connectivity index (χ0v) is 11.2. The van der Waals surface area contributed by atoms with Gasteiger partial charge in [-0.15, -0.1) is 0 Å². The Labute approximate surface area is 104 Å². The van der Waals surface area contributed by atoms with Crippen LogP contribution in [0.5, 0.6) is 0 Å². The Kier molecular flexibility index (Phi) is 5.51. The van der Waals surface area contributed by atoms with Crippen molar-refractivity contribution in [3.63, 3.8) is 0 Å². The second-order valence-electron chi connectivity index (χ2n) is 5.28. The summed E-state index contributed by atoms with van der Waals surface area (Å²) < 4.78 is 0. The lowest BCUT2D eigenvalue weighted by atomic mass is 9.93. The number of rotatable bonds is 7. The van der Waals surface area contributed by atoms with Crippen LogP contribution in [0.4, 0.5) is 0 Å². The summed E-state index contributed by atoms with van der Waals surface area (Å²) >= 11 is 0. The van der Waals surface area contributed by atoms with Gasteiger partial charge in [0.1, 0.15) is 0 Å². The van der Waals surface area contributed by atoms with E-state index in [1.165, 1.54) is 0 Å². The monoisotopic (exact) mass is 236 g/mol. The van der Waals surface area contributed by atoms with Crippen molar-refractivity contribution in [2.24, 2.45) is 11.1 Å². The summed E-state index contributed by atoms with van der Waals surface area (Å²) in [5.74, 6) is 0. The smallest absolute Gasteiger partial charge is 0.0726 e. The Morgan fingerprint density at radius 2 is 2.12 bits per heavy atom. The summed E-state index contributed by atoms with van der Waals surface area (Å²) in [6, 6.07) is 0. The van der Waals surface area contributed by atoms with Gasteiger partial charge in [-0.1, -0.05) is 20.8 Å². The maximum atomic E-state index is 5.79. The molecule has 1 rings (SSSR count). The van der Waals surface area contributed by atoms with E-state index in [9.17, 15) is 0 Å². The number of hydrogen-bond acceptors (Lipinski definition) is 4. The van der Waals surface area contributed by atoms with E-state index >= 15 is 0 Å². The highest BCUT2D eigenvalue weighted by molar-refractivity contribution is 4.94. The van der Waals surface area contributed by atoms with Crippen molar-refractivity contribution in [2.75, 3.05) is 19.6 Å². The molecule has 0 unspecified atom stereocenters. The Balaban J connectivity index is 2.60. The summed E-state index contributed by atoms with van der Waals surface area (Å²) in [5.41, 5.74) is 6.96. The first-order valence-electron chi connectivity index (χ1n) is 6.24. The topological polar surface area (TPSA) is 55.0 Å². The van der Waals surface area contributed by atoms with Gasteiger partial charge in [-0.3, -0.25) is 14.9 Å². The molecular weight excluding hydrogens is 212 g/mol. The lowest BCUT2D eigenvalue weighted by molar-refractivity contribution is 0.174. The van der Waals surface area contributed by atoms with E-state index in [1.54, 1.807) is 12.4 Å². The van der Waals surface area contributed by atoms with Crippen molar-refractivity contribution in [1.82, 2.24) is 14.9 Å². The van der Waals surface area contributed by atoms with E-state index < -0.39 is 0 Å². The summed E-state index contributed by atoms with van der Waals surface area (Å²) in [7, 11) is 0. The lowest BCUT2D eigenvalue weighted by Gasteiger charge is -2.31. The van der Waals surface area contributed by atoms with Gasteiger partial charge < -0.3 is 5.73 Å². The maximum Gasteiger partial charge on any atom is 0.0726 e. The van der Waals surface area contributed by atoms with Crippen molar-refractivity contribution in [2.45, 2.75) is 33.7 Å². The minimum atomic E-state index is 0.150. The summed E-state index contributed by atoms with van der Waals surface area (Å²) in [5, 5.41) is 0. The average Bonchev–Trinajstić information content (AvgIpc) is 2.30. The highest BCUT2D eigenvalue weighted by Gasteiger charge is 2.20. The average molecular weight is 236 g/mol. The first kappa shape index (κ1) is 14.1. The molecule has 0 saturated heterocycles. The highest BCUT2D eigenvalue weighted by Crippen LogP contribution is 2.16. The van der Waals surface area contributed by atoms with Gasteiger partial charge in [-0.2, -0.15) is 0 Å². The summed E-state index contributed by atoms with van der Waals surface area (Å²) in [6.07, 6.45) is 6.42. The lowest BCUT2D eigenvalue weighted by Crippen LogP contribution is -2.39. The molecule has 0 bridgehead atoms. The van der Waals surface area contributed by atoms with Crippen LogP contribution < -0.4 is 5.73 Å². The molecule has 0 fully saturated rings. The van der Waals surface area contributed by atoms with Crippen LogP contribution in [0.2, 0.25) is 0 Å². The number of nitrogens with two attached hydrogens (primary N) is 1. The molecule has 0 aromatic carbocycles. The number of aromatic nitrogens is 2. The quantitative estimate of drug-likeness (QED) is 0.782. The van der Waals surface area contributed by atoms with Gasteiger partial charge in [0.2, 0.25) is 0 Å². The predicted molar refractivity (Wildman–Crippen MR) is 70.4 cm³/mol. The highest BCUT2D eigenvalue weighted by atomic mass is 15.1. The van der Waals surface area contributed by atoms with Gasteiger partial charge in [-0.05, 0) is 24.9 Å². The zero-order chi connectivity index (χ0) is 12.7. The first-order valence-corrected chi connectivity index (χ1v) is 6.24. The SMILES string of the molecule is CCCN(Cc1cnccn1)CC(C)(C)CN. The zero-order valence-electron chi connectivity index (χ0n) is 11.2. The van der Waals surface area contributed by atoms with Crippen LogP contribution in [0, 0.1) is 5.41 Å². The molecule has 0 aliphatic heterocycles. The van der Waals surface area contributed by atoms with Gasteiger partial charge >= 0.3 is 0 Å². The molecule has 0 aliphatic rings. The molecule has 96 valence electrons. The Hall–Kier alpha value is -1.00. The minimum Gasteiger partial charge on any atom is -0.330 e. The van der Waals surface area contributed by atoms with Gasteiger partial charge in [0.15, 0.2) is 0 Å². The molecule has 0 atom stereocenters. The molecule has 1 heterocycles. The molecule has 17 heavy (non-hydrogen) atoms. The Morgan fingerprint density at radius 3 is 2.65 bits per heavy atom. The van der Waals surface area contributed by atoms with Crippen LogP contribution in [0.3, 0.4) is 0 Å². The van der Waals surface area contributed by atoms with Crippen LogP contribution in [-0.4, -0.2) is 34.5 Å². The van der Waals surface area contributed by atoms with Crippen molar-refractivity contribution in [3.05, 3.63) is 24.3 Å². The largest absolute Gasteiger partial charge is 0.330 e. The normalized spacial score (nSPS) is 12.1. The van der Waals surface area contributed by atoms with E-state index in [-0.39, 0.29) is 5.41 Å². The van der Waals surface area contributed by atoms with Gasteiger partial charge in [0.25, 0.3) is 0 Å². The maximum absolute atomic E-state index is 5.79. The van der Waals surface area contributed by atoms with Gasteiger partial charge in [-0.25, -0.2) is 0 Å². The van der Waals surface area contributed by atoms with Gasteiger partial charge in [0.05, 0.1) is 5.69 Å². The van der Waals surface area contributed by atoms with E-state index in [4.69, 9.17) is 5.73 Å². The van der Waals surface area contributed by atoms with Crippen LogP contribution in [0.15, 0.2) is 18.6 Å². The van der Waals surface area contributed by atoms with Crippen molar-refractivity contribution in [1.29, 1.82) is 0 Å². The molecule has 0 saturated carbocycles. The molecule has 0 spiro atoms. The van der Waals surface area contributed by atoms with Gasteiger partial charge in [0, 0.05) is 31.7 Å². The molecule has 0 aliphatic carbocycles. The second kappa shape index (κ2) is 6.67. The molecule has 4 nitrogen and oxygen atoms in total. The third-order valence-electron chi connectivity index (χ3n) is 2.75. The van der Waals surface area contributed by atoms with E-state index in [0.29, 0.717) is 6.54 Å². The Morgan fingerprint density at radius 1 is 1.35 bits per heavy atom. The molecule has 4 heteroatoms. The fourth-order valence-corrected chi connectivity index (χ4v) is 1.84. The summed E-state index contributed by atoms with van der Waals surface area (Å²) in [4.78, 5) is 10.8. The molecule has 1 aromatic heterocycles. The van der Waals surface area contributed by atoms with Crippen LogP contribution in [-0.2, 0) is 6.54 Å². The standard InChI is InChI=1S/C13H24N4/c1-4-7-17(11-13(2,3)10-14)9-12-8-15-5-6-16-12/h5-6,8H,4,7,9-11,14H2,1-3H3. The second-order valence-corrected chi connectivity index (χ2v) is 5.28.